The summed E-state index contributed by atoms with van der Waals surface area (Å²) in [5, 5.41) is 5.69. The highest BCUT2D eigenvalue weighted by atomic mass is 19.1. The summed E-state index contributed by atoms with van der Waals surface area (Å²) < 4.78 is 13.2. The van der Waals surface area contributed by atoms with E-state index in [1.807, 2.05) is 25.1 Å². The summed E-state index contributed by atoms with van der Waals surface area (Å²) in [5.41, 5.74) is 3.33. The summed E-state index contributed by atoms with van der Waals surface area (Å²) in [7, 11) is 1.79. The van der Waals surface area contributed by atoms with Gasteiger partial charge in [-0.25, -0.2) is 4.39 Å². The molecule has 0 saturated carbocycles. The monoisotopic (exact) mass is 386 g/mol. The topological polar surface area (TPSA) is 62.6 Å². The molecule has 2 aromatic carbocycles. The first-order valence-electron chi connectivity index (χ1n) is 9.47. The molecule has 2 rings (SSSR count). The number of aryl methyl sites for hydroxylation is 1. The number of carbonyl (C=O) groups excluding carboxylic acids is 2. The zero-order valence-electron chi connectivity index (χ0n) is 17.1. The van der Waals surface area contributed by atoms with E-state index in [0.717, 1.165) is 21.7 Å². The first kappa shape index (κ1) is 21.6. The zero-order valence-corrected chi connectivity index (χ0v) is 17.1. The lowest BCUT2D eigenvalue weighted by Gasteiger charge is -2.22. The average Bonchev–Trinajstić information content (AvgIpc) is 2.62. The van der Waals surface area contributed by atoms with Crippen LogP contribution >= 0.6 is 0 Å². The summed E-state index contributed by atoms with van der Waals surface area (Å²) in [6.07, 6.45) is 0. The van der Waals surface area contributed by atoms with E-state index in [-0.39, 0.29) is 24.3 Å². The lowest BCUT2D eigenvalue weighted by molar-refractivity contribution is -0.885. The van der Waals surface area contributed by atoms with E-state index >= 15 is 0 Å². The number of hydrogen-bond donors (Lipinski definition) is 3. The molecule has 0 radical (unpaired) electrons. The van der Waals surface area contributed by atoms with Crippen LogP contribution in [0.5, 0.6) is 0 Å². The fourth-order valence-electron chi connectivity index (χ4n) is 2.98. The van der Waals surface area contributed by atoms with Gasteiger partial charge in [0.05, 0.1) is 7.05 Å². The molecule has 5 nitrogen and oxygen atoms in total. The van der Waals surface area contributed by atoms with Crippen molar-refractivity contribution in [2.24, 2.45) is 0 Å². The van der Waals surface area contributed by atoms with Crippen molar-refractivity contribution in [2.75, 3.05) is 24.2 Å². The number of carbonyl (C=O) groups is 2. The van der Waals surface area contributed by atoms with Crippen LogP contribution in [0.2, 0.25) is 0 Å². The van der Waals surface area contributed by atoms with Crippen LogP contribution in [0.4, 0.5) is 15.8 Å². The number of rotatable bonds is 7. The van der Waals surface area contributed by atoms with Crippen molar-refractivity contribution in [1.82, 2.24) is 0 Å². The average molecular weight is 386 g/mol. The molecule has 0 heterocycles. The second kappa shape index (κ2) is 9.46. The van der Waals surface area contributed by atoms with Crippen LogP contribution in [-0.2, 0) is 9.59 Å². The molecule has 0 aliphatic heterocycles. The highest BCUT2D eigenvalue weighted by Gasteiger charge is 2.25. The lowest BCUT2D eigenvalue weighted by Crippen LogP contribution is -3.14. The van der Waals surface area contributed by atoms with E-state index in [2.05, 4.69) is 24.5 Å². The van der Waals surface area contributed by atoms with Gasteiger partial charge in [-0.2, -0.15) is 0 Å². The van der Waals surface area contributed by atoms with Crippen LogP contribution in [0, 0.1) is 12.7 Å². The van der Waals surface area contributed by atoms with Crippen molar-refractivity contribution in [1.29, 1.82) is 0 Å². The summed E-state index contributed by atoms with van der Waals surface area (Å²) >= 11 is 0. The van der Waals surface area contributed by atoms with Crippen LogP contribution in [0.15, 0.2) is 42.5 Å². The van der Waals surface area contributed by atoms with Gasteiger partial charge in [-0.15, -0.1) is 0 Å². The normalized spacial score (nSPS) is 13.1. The molecule has 2 aromatic rings. The van der Waals surface area contributed by atoms with Gasteiger partial charge in [0, 0.05) is 11.4 Å². The molecule has 0 bridgehead atoms. The Morgan fingerprint density at radius 2 is 1.75 bits per heavy atom. The van der Waals surface area contributed by atoms with Gasteiger partial charge < -0.3 is 15.5 Å². The lowest BCUT2D eigenvalue weighted by atomic mass is 9.98. The van der Waals surface area contributed by atoms with E-state index in [4.69, 9.17) is 0 Å². The maximum absolute atomic E-state index is 13.2. The Balaban J connectivity index is 2.00. The van der Waals surface area contributed by atoms with Gasteiger partial charge in [-0.3, -0.25) is 9.59 Å². The Hall–Kier alpha value is -2.73. The molecule has 0 aromatic heterocycles. The molecule has 28 heavy (non-hydrogen) atoms. The predicted molar refractivity (Wildman–Crippen MR) is 110 cm³/mol. The summed E-state index contributed by atoms with van der Waals surface area (Å²) in [6.45, 7) is 8.02. The largest absolute Gasteiger partial charge is 0.321 e. The van der Waals surface area contributed by atoms with E-state index < -0.39 is 11.9 Å². The standard InChI is InChI=1S/C22H28FN3O2/c1-14(2)19-11-6-8-15(3)21(19)25-22(28)16(4)26(5)13-20(27)24-18-10-7-9-17(23)12-18/h6-12,14,16H,13H2,1-5H3,(H,24,27)(H,25,28)/p+1/t16-/m1/s1. The molecular weight excluding hydrogens is 357 g/mol. The SMILES string of the molecule is Cc1cccc(C(C)C)c1NC(=O)[C@@H](C)[NH+](C)CC(=O)Nc1cccc(F)c1. The first-order chi connectivity index (χ1) is 13.2. The molecule has 6 heteroatoms. The van der Waals surface area contributed by atoms with Crippen molar-refractivity contribution in [3.05, 3.63) is 59.4 Å². The summed E-state index contributed by atoms with van der Waals surface area (Å²) in [6, 6.07) is 11.3. The molecule has 150 valence electrons. The number of amides is 2. The number of para-hydroxylation sites is 1. The van der Waals surface area contributed by atoms with Crippen molar-refractivity contribution in [3.63, 3.8) is 0 Å². The Morgan fingerprint density at radius 3 is 2.39 bits per heavy atom. The maximum atomic E-state index is 13.2. The highest BCUT2D eigenvalue weighted by Crippen LogP contribution is 2.27. The molecule has 0 aliphatic carbocycles. The third-order valence-corrected chi connectivity index (χ3v) is 4.86. The third-order valence-electron chi connectivity index (χ3n) is 4.86. The van der Waals surface area contributed by atoms with Crippen LogP contribution < -0.4 is 15.5 Å². The number of nitrogens with one attached hydrogen (secondary N) is 3. The molecule has 3 N–H and O–H groups in total. The van der Waals surface area contributed by atoms with Gasteiger partial charge in [0.15, 0.2) is 12.6 Å². The fraction of sp³-hybridized carbons (Fsp3) is 0.364. The number of halogens is 1. The van der Waals surface area contributed by atoms with Gasteiger partial charge in [-0.1, -0.05) is 38.1 Å². The molecule has 0 aliphatic rings. The molecule has 0 fully saturated rings. The molecule has 2 atom stereocenters. The number of hydrogen-bond acceptors (Lipinski definition) is 2. The Bertz CT molecular complexity index is 851. The third kappa shape index (κ3) is 5.63. The quantitative estimate of drug-likeness (QED) is 0.685. The first-order valence-corrected chi connectivity index (χ1v) is 9.47. The van der Waals surface area contributed by atoms with E-state index in [1.54, 1.807) is 20.0 Å². The second-order valence-electron chi connectivity index (χ2n) is 7.49. The molecular formula is C22H29FN3O2+. The minimum atomic E-state index is -0.433. The Labute approximate surface area is 165 Å². The predicted octanol–water partition coefficient (Wildman–Crippen LogP) is 2.74. The Kier molecular flexibility index (Phi) is 7.29. The van der Waals surface area contributed by atoms with Crippen molar-refractivity contribution >= 4 is 23.2 Å². The van der Waals surface area contributed by atoms with Crippen LogP contribution in [0.25, 0.3) is 0 Å². The molecule has 0 saturated heterocycles. The molecule has 2 amide bonds. The van der Waals surface area contributed by atoms with Gasteiger partial charge in [0.25, 0.3) is 11.8 Å². The number of quaternary nitrogens is 1. The minimum absolute atomic E-state index is 0.0932. The van der Waals surface area contributed by atoms with Crippen molar-refractivity contribution < 1.29 is 18.9 Å². The maximum Gasteiger partial charge on any atom is 0.282 e. The second-order valence-corrected chi connectivity index (χ2v) is 7.49. The summed E-state index contributed by atoms with van der Waals surface area (Å²) in [5.74, 6) is -0.549. The number of benzene rings is 2. The van der Waals surface area contributed by atoms with E-state index in [1.165, 1.54) is 18.2 Å². The van der Waals surface area contributed by atoms with E-state index in [0.29, 0.717) is 5.69 Å². The van der Waals surface area contributed by atoms with Crippen molar-refractivity contribution in [3.8, 4) is 0 Å². The Morgan fingerprint density at radius 1 is 1.07 bits per heavy atom. The van der Waals surface area contributed by atoms with Crippen molar-refractivity contribution in [2.45, 2.75) is 39.7 Å². The van der Waals surface area contributed by atoms with Gasteiger partial charge in [0.1, 0.15) is 5.82 Å². The molecule has 1 unspecified atom stereocenters. The minimum Gasteiger partial charge on any atom is -0.321 e. The van der Waals surface area contributed by atoms with Crippen LogP contribution in [0.3, 0.4) is 0 Å². The highest BCUT2D eigenvalue weighted by molar-refractivity contribution is 5.95. The number of anilines is 2. The van der Waals surface area contributed by atoms with Gasteiger partial charge in [-0.05, 0) is 49.1 Å². The number of likely N-dealkylation sites (N-methyl/N-ethyl adjacent to an activating group) is 1. The van der Waals surface area contributed by atoms with E-state index in [9.17, 15) is 14.0 Å². The van der Waals surface area contributed by atoms with Crippen LogP contribution in [0.1, 0.15) is 37.8 Å². The van der Waals surface area contributed by atoms with Crippen LogP contribution in [-0.4, -0.2) is 31.4 Å². The zero-order chi connectivity index (χ0) is 20.8. The smallest absolute Gasteiger partial charge is 0.282 e. The summed E-state index contributed by atoms with van der Waals surface area (Å²) in [4.78, 5) is 25.7. The fourth-order valence-corrected chi connectivity index (χ4v) is 2.98. The van der Waals surface area contributed by atoms with Gasteiger partial charge >= 0.3 is 0 Å². The molecule has 0 spiro atoms. The van der Waals surface area contributed by atoms with Gasteiger partial charge in [0.2, 0.25) is 0 Å².